The van der Waals surface area contributed by atoms with Crippen LogP contribution in [0.1, 0.15) is 50.2 Å². The van der Waals surface area contributed by atoms with Crippen LogP contribution in [0, 0.1) is 5.92 Å². The summed E-state index contributed by atoms with van der Waals surface area (Å²) in [7, 11) is 0. The first-order valence-corrected chi connectivity index (χ1v) is 13.3. The maximum absolute atomic E-state index is 6.33. The molecule has 1 aliphatic carbocycles. The molecular formula is C29H34ClN5. The number of pyridine rings is 1. The maximum atomic E-state index is 6.33. The van der Waals surface area contributed by atoms with Crippen LogP contribution in [-0.4, -0.2) is 41.8 Å². The third-order valence-corrected chi connectivity index (χ3v) is 8.75. The molecule has 6 rings (SSSR count). The number of halogens is 1. The van der Waals surface area contributed by atoms with Gasteiger partial charge in [-0.2, -0.15) is 0 Å². The number of fused-ring (bicyclic) bond motifs is 3. The number of piperidine rings is 1. The van der Waals surface area contributed by atoms with Crippen molar-refractivity contribution in [2.24, 2.45) is 10.9 Å². The molecule has 1 saturated heterocycles. The van der Waals surface area contributed by atoms with Crippen molar-refractivity contribution >= 4 is 35.0 Å². The minimum absolute atomic E-state index is 0.0191. The molecule has 1 saturated carbocycles. The number of nitrogens with one attached hydrogen (secondary N) is 1. The maximum Gasteiger partial charge on any atom is 0.159 e. The molecule has 0 unspecified atom stereocenters. The molecule has 4 aliphatic rings. The highest BCUT2D eigenvalue weighted by atomic mass is 35.5. The van der Waals surface area contributed by atoms with Gasteiger partial charge in [0, 0.05) is 34.1 Å². The monoisotopic (exact) mass is 487 g/mol. The summed E-state index contributed by atoms with van der Waals surface area (Å²) in [5.74, 6) is 1.76. The van der Waals surface area contributed by atoms with Gasteiger partial charge >= 0.3 is 0 Å². The number of nitrogens with zero attached hydrogens (tertiary/aromatic N) is 4. The van der Waals surface area contributed by atoms with Gasteiger partial charge in [-0.25, -0.2) is 4.98 Å². The molecule has 2 fully saturated rings. The molecule has 0 bridgehead atoms. The lowest BCUT2D eigenvalue weighted by molar-refractivity contribution is 0.179. The standard InChI is InChI=1S/C29H34ClN5/c1-19-13-24(14-19)35-20(2)17-31-27-15-22(18-32-28(27)35)5-4-10-34-11-8-29(9-12-34)21(3)33-26-7-6-23(30)16-25(26)29/h6-7,15-19,24,33H,2-5,8-14H2,1H3. The third-order valence-electron chi connectivity index (χ3n) is 8.52. The Labute approximate surface area is 213 Å². The summed E-state index contributed by atoms with van der Waals surface area (Å²) in [5, 5.41) is 4.32. The summed E-state index contributed by atoms with van der Waals surface area (Å²) in [4.78, 5) is 14.4. The topological polar surface area (TPSA) is 43.8 Å². The summed E-state index contributed by atoms with van der Waals surface area (Å²) < 4.78 is 0. The fraction of sp³-hybridized carbons (Fsp3) is 0.448. The molecule has 1 spiro atoms. The van der Waals surface area contributed by atoms with Crippen molar-refractivity contribution in [2.75, 3.05) is 29.9 Å². The van der Waals surface area contributed by atoms with Gasteiger partial charge in [-0.3, -0.25) is 4.99 Å². The van der Waals surface area contributed by atoms with Crippen molar-refractivity contribution in [3.05, 3.63) is 71.2 Å². The zero-order chi connectivity index (χ0) is 24.2. The molecule has 0 amide bonds. The van der Waals surface area contributed by atoms with Gasteiger partial charge in [0.25, 0.3) is 0 Å². The Balaban J connectivity index is 1.05. The van der Waals surface area contributed by atoms with Gasteiger partial charge in [0.1, 0.15) is 5.69 Å². The molecule has 35 heavy (non-hydrogen) atoms. The second kappa shape index (κ2) is 8.79. The summed E-state index contributed by atoms with van der Waals surface area (Å²) >= 11 is 6.33. The summed E-state index contributed by atoms with van der Waals surface area (Å²) in [5.41, 5.74) is 6.85. The van der Waals surface area contributed by atoms with Crippen LogP contribution in [0.15, 0.2) is 60.0 Å². The largest absolute Gasteiger partial charge is 0.358 e. The van der Waals surface area contributed by atoms with Crippen molar-refractivity contribution < 1.29 is 0 Å². The Bertz CT molecular complexity index is 1200. The molecule has 182 valence electrons. The van der Waals surface area contributed by atoms with E-state index < -0.39 is 0 Å². The lowest BCUT2D eigenvalue weighted by Gasteiger charge is -2.43. The first-order chi connectivity index (χ1) is 16.9. The number of aromatic nitrogens is 1. The minimum atomic E-state index is 0.0191. The van der Waals surface area contributed by atoms with Gasteiger partial charge < -0.3 is 15.1 Å². The highest BCUT2D eigenvalue weighted by Crippen LogP contribution is 2.50. The molecule has 0 radical (unpaired) electrons. The number of benzene rings is 1. The Kier molecular flexibility index (Phi) is 5.73. The Morgan fingerprint density at radius 1 is 1.17 bits per heavy atom. The van der Waals surface area contributed by atoms with Crippen molar-refractivity contribution in [1.29, 1.82) is 0 Å². The van der Waals surface area contributed by atoms with Gasteiger partial charge in [0.05, 0.1) is 11.9 Å². The molecule has 1 aromatic heterocycles. The first kappa shape index (κ1) is 22.8. The van der Waals surface area contributed by atoms with Crippen LogP contribution in [0.25, 0.3) is 0 Å². The lowest BCUT2D eigenvalue weighted by atomic mass is 9.72. The SMILES string of the molecule is C=C1C=Nc2cc(CCCN3CCC4(CC3)C(=C)Nc3ccc(Cl)cc34)cnc2N1C1CC(C)C1. The Hall–Kier alpha value is -2.63. The van der Waals surface area contributed by atoms with E-state index in [2.05, 4.69) is 58.4 Å². The quantitative estimate of drug-likeness (QED) is 0.524. The zero-order valence-corrected chi connectivity index (χ0v) is 21.3. The van der Waals surface area contributed by atoms with E-state index in [9.17, 15) is 0 Å². The number of hydrogen-bond acceptors (Lipinski definition) is 5. The fourth-order valence-corrected chi connectivity index (χ4v) is 6.60. The number of allylic oxidation sites excluding steroid dienone is 2. The molecule has 1 aromatic carbocycles. The predicted octanol–water partition coefficient (Wildman–Crippen LogP) is 6.48. The fourth-order valence-electron chi connectivity index (χ4n) is 6.43. The molecule has 1 N–H and O–H groups in total. The van der Waals surface area contributed by atoms with E-state index >= 15 is 0 Å². The third kappa shape index (κ3) is 3.99. The molecule has 5 nitrogen and oxygen atoms in total. The summed E-state index contributed by atoms with van der Waals surface area (Å²) in [6.07, 6.45) is 10.7. The van der Waals surface area contributed by atoms with Crippen molar-refractivity contribution in [1.82, 2.24) is 9.88 Å². The summed E-state index contributed by atoms with van der Waals surface area (Å²) in [6, 6.07) is 8.91. The highest BCUT2D eigenvalue weighted by molar-refractivity contribution is 6.30. The number of anilines is 2. The molecule has 4 heterocycles. The average Bonchev–Trinajstić information content (AvgIpc) is 3.09. The molecule has 0 atom stereocenters. The second-order valence-corrected chi connectivity index (χ2v) is 11.3. The summed E-state index contributed by atoms with van der Waals surface area (Å²) in [6.45, 7) is 14.2. The lowest BCUT2D eigenvalue weighted by Crippen LogP contribution is -2.44. The average molecular weight is 488 g/mol. The van der Waals surface area contributed by atoms with E-state index in [1.807, 2.05) is 18.5 Å². The first-order valence-electron chi connectivity index (χ1n) is 12.9. The number of hydrogen-bond donors (Lipinski definition) is 1. The van der Waals surface area contributed by atoms with Crippen molar-refractivity contribution in [2.45, 2.75) is 56.9 Å². The van der Waals surface area contributed by atoms with Crippen molar-refractivity contribution in [3.63, 3.8) is 0 Å². The normalized spacial score (nSPS) is 24.8. The van der Waals surface area contributed by atoms with Crippen molar-refractivity contribution in [3.8, 4) is 0 Å². The molecule has 6 heteroatoms. The number of aliphatic imine (C=N–C) groups is 1. The van der Waals surface area contributed by atoms with Gasteiger partial charge in [0.15, 0.2) is 5.82 Å². The van der Waals surface area contributed by atoms with E-state index in [0.29, 0.717) is 6.04 Å². The van der Waals surface area contributed by atoms with Gasteiger partial charge in [-0.05, 0) is 99.5 Å². The molecular weight excluding hydrogens is 454 g/mol. The van der Waals surface area contributed by atoms with Crippen LogP contribution in [0.2, 0.25) is 5.02 Å². The Morgan fingerprint density at radius 2 is 1.97 bits per heavy atom. The second-order valence-electron chi connectivity index (χ2n) is 10.9. The number of likely N-dealkylation sites (tertiary alicyclic amines) is 1. The van der Waals surface area contributed by atoms with E-state index in [-0.39, 0.29) is 5.41 Å². The van der Waals surface area contributed by atoms with Crippen LogP contribution < -0.4 is 10.2 Å². The van der Waals surface area contributed by atoms with E-state index in [4.69, 9.17) is 16.6 Å². The van der Waals surface area contributed by atoms with E-state index in [0.717, 1.165) is 79.2 Å². The zero-order valence-electron chi connectivity index (χ0n) is 20.6. The minimum Gasteiger partial charge on any atom is -0.358 e. The smallest absolute Gasteiger partial charge is 0.159 e. The predicted molar refractivity (Wildman–Crippen MR) is 146 cm³/mol. The van der Waals surface area contributed by atoms with Crippen LogP contribution in [-0.2, 0) is 11.8 Å². The van der Waals surface area contributed by atoms with Crippen LogP contribution in [0.5, 0.6) is 0 Å². The van der Waals surface area contributed by atoms with E-state index in [1.165, 1.54) is 29.7 Å². The van der Waals surface area contributed by atoms with Gasteiger partial charge in [-0.15, -0.1) is 0 Å². The van der Waals surface area contributed by atoms with Gasteiger partial charge in [-0.1, -0.05) is 31.7 Å². The number of rotatable bonds is 5. The molecule has 3 aliphatic heterocycles. The van der Waals surface area contributed by atoms with Crippen LogP contribution in [0.4, 0.5) is 17.2 Å². The highest BCUT2D eigenvalue weighted by Gasteiger charge is 2.44. The van der Waals surface area contributed by atoms with Crippen LogP contribution >= 0.6 is 11.6 Å². The number of aryl methyl sites for hydroxylation is 1. The van der Waals surface area contributed by atoms with E-state index in [1.54, 1.807) is 0 Å². The molecule has 2 aromatic rings. The van der Waals surface area contributed by atoms with Gasteiger partial charge in [0.2, 0.25) is 0 Å². The van der Waals surface area contributed by atoms with Crippen LogP contribution in [0.3, 0.4) is 0 Å². The Morgan fingerprint density at radius 3 is 2.74 bits per heavy atom.